The average Bonchev–Trinajstić information content (AvgIpc) is 2.74. The Balaban J connectivity index is 1.41. The lowest BCUT2D eigenvalue weighted by atomic mass is 10.1. The lowest BCUT2D eigenvalue weighted by Crippen LogP contribution is -2.47. The van der Waals surface area contributed by atoms with Crippen LogP contribution in [0.2, 0.25) is 0 Å². The van der Waals surface area contributed by atoms with Crippen LogP contribution in [0.5, 0.6) is 0 Å². The van der Waals surface area contributed by atoms with Crippen molar-refractivity contribution in [3.63, 3.8) is 0 Å². The quantitative estimate of drug-likeness (QED) is 0.807. The number of nitrogens with zero attached hydrogens (tertiary/aromatic N) is 7. The van der Waals surface area contributed by atoms with Gasteiger partial charge in [-0.05, 0) is 37.7 Å². The number of nitriles is 1. The summed E-state index contributed by atoms with van der Waals surface area (Å²) in [6.45, 7) is 9.91. The van der Waals surface area contributed by atoms with Gasteiger partial charge in [-0.25, -0.2) is 9.97 Å². The van der Waals surface area contributed by atoms with Gasteiger partial charge in [0.15, 0.2) is 0 Å². The maximum Gasteiger partial charge on any atom is 0.134 e. The number of aromatic nitrogens is 2. The predicted molar refractivity (Wildman–Crippen MR) is 112 cm³/mol. The van der Waals surface area contributed by atoms with Crippen molar-refractivity contribution in [2.24, 2.45) is 0 Å². The molecular weight excluding hydrogens is 350 g/mol. The third kappa shape index (κ3) is 3.87. The lowest BCUT2D eigenvalue weighted by Gasteiger charge is -2.37. The number of likely N-dealkylation sites (N-methyl/N-ethyl adjacent to an activating group) is 1. The molecule has 2 aromatic rings. The normalized spacial score (nSPS) is 18.2. The van der Waals surface area contributed by atoms with Crippen LogP contribution in [0.4, 0.5) is 17.3 Å². The Morgan fingerprint density at radius 1 is 0.821 bits per heavy atom. The second-order valence-corrected chi connectivity index (χ2v) is 7.61. The molecule has 0 N–H and O–H groups in total. The molecule has 0 amide bonds. The van der Waals surface area contributed by atoms with E-state index in [2.05, 4.69) is 60.9 Å². The molecule has 2 fully saturated rings. The van der Waals surface area contributed by atoms with Gasteiger partial charge in [0.1, 0.15) is 18.0 Å². The van der Waals surface area contributed by atoms with E-state index in [1.54, 1.807) is 6.33 Å². The fraction of sp³-hybridized carbons (Fsp3) is 0.476. The first-order valence-corrected chi connectivity index (χ1v) is 9.90. The molecule has 1 aromatic heterocycles. The highest BCUT2D eigenvalue weighted by Crippen LogP contribution is 2.23. The smallest absolute Gasteiger partial charge is 0.134 e. The van der Waals surface area contributed by atoms with Gasteiger partial charge in [0.05, 0.1) is 11.6 Å². The van der Waals surface area contributed by atoms with Gasteiger partial charge in [-0.15, -0.1) is 0 Å². The largest absolute Gasteiger partial charge is 0.368 e. The van der Waals surface area contributed by atoms with Crippen molar-refractivity contribution in [1.29, 1.82) is 5.26 Å². The van der Waals surface area contributed by atoms with E-state index in [1.165, 1.54) is 5.69 Å². The molecule has 0 radical (unpaired) electrons. The van der Waals surface area contributed by atoms with Gasteiger partial charge in [0.25, 0.3) is 0 Å². The molecule has 28 heavy (non-hydrogen) atoms. The maximum absolute atomic E-state index is 9.12. The Labute approximate surface area is 166 Å². The summed E-state index contributed by atoms with van der Waals surface area (Å²) in [5.41, 5.74) is 2.98. The van der Waals surface area contributed by atoms with E-state index in [0.717, 1.165) is 75.1 Å². The number of benzene rings is 1. The second kappa shape index (κ2) is 8.03. The van der Waals surface area contributed by atoms with Gasteiger partial charge < -0.3 is 19.6 Å². The first-order chi connectivity index (χ1) is 13.6. The van der Waals surface area contributed by atoms with Gasteiger partial charge in [-0.1, -0.05) is 0 Å². The van der Waals surface area contributed by atoms with E-state index < -0.39 is 0 Å². The molecule has 0 aliphatic carbocycles. The van der Waals surface area contributed by atoms with Crippen LogP contribution in [0, 0.1) is 18.3 Å². The molecule has 0 saturated carbocycles. The molecule has 7 heteroatoms. The van der Waals surface area contributed by atoms with Gasteiger partial charge in [-0.2, -0.15) is 5.26 Å². The fourth-order valence-corrected chi connectivity index (χ4v) is 3.88. The summed E-state index contributed by atoms with van der Waals surface area (Å²) in [6, 6.07) is 10.5. The Hall–Kier alpha value is -2.85. The highest BCUT2D eigenvalue weighted by molar-refractivity contribution is 5.56. The van der Waals surface area contributed by atoms with Crippen LogP contribution in [0.1, 0.15) is 11.1 Å². The van der Waals surface area contributed by atoms with Crippen LogP contribution in [-0.4, -0.2) is 74.3 Å². The van der Waals surface area contributed by atoms with Crippen molar-refractivity contribution in [1.82, 2.24) is 14.9 Å². The maximum atomic E-state index is 9.12. The zero-order valence-electron chi connectivity index (χ0n) is 16.7. The number of piperazine rings is 2. The van der Waals surface area contributed by atoms with Crippen LogP contribution < -0.4 is 14.7 Å². The minimum absolute atomic E-state index is 0.750. The molecule has 2 aliphatic rings. The Kier molecular flexibility index (Phi) is 5.31. The summed E-state index contributed by atoms with van der Waals surface area (Å²) in [6.07, 6.45) is 1.69. The van der Waals surface area contributed by atoms with Crippen LogP contribution >= 0.6 is 0 Å². The number of hydrogen-bond donors (Lipinski definition) is 0. The van der Waals surface area contributed by atoms with Crippen LogP contribution in [0.15, 0.2) is 30.6 Å². The molecule has 2 saturated heterocycles. The van der Waals surface area contributed by atoms with Crippen LogP contribution in [0.25, 0.3) is 0 Å². The summed E-state index contributed by atoms with van der Waals surface area (Å²) >= 11 is 0. The van der Waals surface area contributed by atoms with E-state index >= 15 is 0 Å². The molecular formula is C21H27N7. The zero-order valence-corrected chi connectivity index (χ0v) is 16.7. The Bertz CT molecular complexity index is 859. The van der Waals surface area contributed by atoms with Crippen molar-refractivity contribution >= 4 is 17.3 Å². The van der Waals surface area contributed by atoms with Crippen molar-refractivity contribution in [3.8, 4) is 6.07 Å². The molecule has 146 valence electrons. The zero-order chi connectivity index (χ0) is 19.5. The third-order valence-corrected chi connectivity index (χ3v) is 5.76. The first-order valence-electron chi connectivity index (χ1n) is 9.90. The van der Waals surface area contributed by atoms with Crippen molar-refractivity contribution < 1.29 is 0 Å². The van der Waals surface area contributed by atoms with Gasteiger partial charge in [0.2, 0.25) is 0 Å². The average molecular weight is 377 g/mol. The van der Waals surface area contributed by atoms with Crippen molar-refractivity contribution in [3.05, 3.63) is 41.7 Å². The van der Waals surface area contributed by atoms with E-state index in [4.69, 9.17) is 5.26 Å². The SMILES string of the molecule is Cc1cc(N2CCN(c3cc(N4CCN(C)CC4)ncn3)CC2)ccc1C#N. The standard InChI is InChI=1S/C21H27N7/c1-17-13-19(4-3-18(17)15-22)26-9-11-28(12-10-26)21-14-20(23-16-24-21)27-7-5-25(2)6-8-27/h3-4,13-14,16H,5-12H2,1-2H3. The number of anilines is 3. The van der Waals surface area contributed by atoms with Crippen LogP contribution in [-0.2, 0) is 0 Å². The Morgan fingerprint density at radius 3 is 1.96 bits per heavy atom. The molecule has 7 nitrogen and oxygen atoms in total. The summed E-state index contributed by atoms with van der Waals surface area (Å²) in [5, 5.41) is 9.12. The summed E-state index contributed by atoms with van der Waals surface area (Å²) in [5.74, 6) is 2.04. The van der Waals surface area contributed by atoms with Gasteiger partial charge >= 0.3 is 0 Å². The molecule has 4 rings (SSSR count). The highest BCUT2D eigenvalue weighted by atomic mass is 15.3. The number of rotatable bonds is 3. The minimum atomic E-state index is 0.750. The molecule has 0 bridgehead atoms. The van der Waals surface area contributed by atoms with Crippen molar-refractivity contribution in [2.45, 2.75) is 6.92 Å². The highest BCUT2D eigenvalue weighted by Gasteiger charge is 2.21. The van der Waals surface area contributed by atoms with E-state index in [1.807, 2.05) is 13.0 Å². The lowest BCUT2D eigenvalue weighted by molar-refractivity contribution is 0.312. The minimum Gasteiger partial charge on any atom is -0.368 e. The molecule has 0 atom stereocenters. The third-order valence-electron chi connectivity index (χ3n) is 5.76. The van der Waals surface area contributed by atoms with Crippen LogP contribution in [0.3, 0.4) is 0 Å². The summed E-state index contributed by atoms with van der Waals surface area (Å²) in [4.78, 5) is 18.5. The monoisotopic (exact) mass is 377 g/mol. The Morgan fingerprint density at radius 2 is 1.39 bits per heavy atom. The summed E-state index contributed by atoms with van der Waals surface area (Å²) in [7, 11) is 2.16. The molecule has 2 aliphatic heterocycles. The fourth-order valence-electron chi connectivity index (χ4n) is 3.88. The molecule has 0 spiro atoms. The van der Waals surface area contributed by atoms with Crippen molar-refractivity contribution in [2.75, 3.05) is 74.1 Å². The first kappa shape index (κ1) is 18.5. The van der Waals surface area contributed by atoms with E-state index in [0.29, 0.717) is 0 Å². The van der Waals surface area contributed by atoms with E-state index in [9.17, 15) is 0 Å². The second-order valence-electron chi connectivity index (χ2n) is 7.61. The van der Waals surface area contributed by atoms with Gasteiger partial charge in [0, 0.05) is 64.1 Å². The van der Waals surface area contributed by atoms with Gasteiger partial charge in [-0.3, -0.25) is 0 Å². The topological polar surface area (TPSA) is 62.5 Å². The van der Waals surface area contributed by atoms with E-state index in [-0.39, 0.29) is 0 Å². The predicted octanol–water partition coefficient (Wildman–Crippen LogP) is 1.74. The molecule has 3 heterocycles. The summed E-state index contributed by atoms with van der Waals surface area (Å²) < 4.78 is 0. The molecule has 0 unspecified atom stereocenters. The number of aryl methyl sites for hydroxylation is 1. The molecule has 1 aromatic carbocycles. The number of hydrogen-bond acceptors (Lipinski definition) is 7.